The van der Waals surface area contributed by atoms with E-state index in [-0.39, 0.29) is 34.9 Å². The Balaban J connectivity index is 1.44. The molecule has 4 aromatic rings. The van der Waals surface area contributed by atoms with Crippen LogP contribution in [-0.2, 0) is 0 Å². The first-order valence-electron chi connectivity index (χ1n) is 11.3. The van der Waals surface area contributed by atoms with E-state index in [1.807, 2.05) is 6.92 Å². The van der Waals surface area contributed by atoms with Gasteiger partial charge in [0.1, 0.15) is 11.3 Å². The minimum absolute atomic E-state index is 0.00784. The van der Waals surface area contributed by atoms with E-state index in [0.717, 1.165) is 18.9 Å². The second kappa shape index (κ2) is 9.36. The number of nitrogens with one attached hydrogen (secondary N) is 1. The maximum atomic E-state index is 14.9. The quantitative estimate of drug-likeness (QED) is 0.429. The Labute approximate surface area is 199 Å². The van der Waals surface area contributed by atoms with Gasteiger partial charge in [0.15, 0.2) is 23.0 Å². The van der Waals surface area contributed by atoms with Crippen LogP contribution in [0.4, 0.5) is 19.2 Å². The molecule has 0 aliphatic carbocycles. The van der Waals surface area contributed by atoms with Gasteiger partial charge >= 0.3 is 0 Å². The first-order chi connectivity index (χ1) is 16.9. The Morgan fingerprint density at radius 1 is 1.17 bits per heavy atom. The summed E-state index contributed by atoms with van der Waals surface area (Å²) < 4.78 is 48.1. The third-order valence-electron chi connectivity index (χ3n) is 6.30. The summed E-state index contributed by atoms with van der Waals surface area (Å²) in [5.74, 6) is -3.05. The summed E-state index contributed by atoms with van der Waals surface area (Å²) in [4.78, 5) is 27.6. The lowest BCUT2D eigenvalue weighted by Crippen LogP contribution is -2.51. The fourth-order valence-corrected chi connectivity index (χ4v) is 4.51. The van der Waals surface area contributed by atoms with Crippen LogP contribution in [0.5, 0.6) is 0 Å². The Morgan fingerprint density at radius 2 is 1.97 bits per heavy atom. The standard InChI is InChI=1S/C25H22F3N5O2/c1-14-4-2-11-33(19(14)13-31-25-32-18-12-15(26)5-8-20(18)35-25)24(34)16-6-7-17(27)22(28)21(16)23-29-9-3-10-30-23/h3,5-10,12,14,19H,2,4,11,13H2,1H3,(H,31,32). The number of piperidine rings is 1. The lowest BCUT2D eigenvalue weighted by Gasteiger charge is -2.40. The van der Waals surface area contributed by atoms with Gasteiger partial charge in [0.2, 0.25) is 0 Å². The molecule has 1 aliphatic rings. The number of hydrogen-bond donors (Lipinski definition) is 1. The zero-order chi connectivity index (χ0) is 24.5. The van der Waals surface area contributed by atoms with Gasteiger partial charge in [0, 0.05) is 31.5 Å². The molecule has 10 heteroatoms. The van der Waals surface area contributed by atoms with Gasteiger partial charge in [-0.05, 0) is 49.1 Å². The Bertz CT molecular complexity index is 1380. The van der Waals surface area contributed by atoms with Gasteiger partial charge in [-0.25, -0.2) is 23.1 Å². The summed E-state index contributed by atoms with van der Waals surface area (Å²) >= 11 is 0. The Morgan fingerprint density at radius 3 is 2.77 bits per heavy atom. The van der Waals surface area contributed by atoms with Crippen LogP contribution < -0.4 is 5.32 Å². The number of rotatable bonds is 5. The van der Waals surface area contributed by atoms with Crippen LogP contribution >= 0.6 is 0 Å². The molecule has 1 amide bonds. The molecule has 1 saturated heterocycles. The predicted octanol–water partition coefficient (Wildman–Crippen LogP) is 5.05. The Kier molecular flexibility index (Phi) is 6.10. The van der Waals surface area contributed by atoms with Crippen molar-refractivity contribution in [3.8, 4) is 11.4 Å². The average Bonchev–Trinajstić information content (AvgIpc) is 3.26. The van der Waals surface area contributed by atoms with Gasteiger partial charge in [-0.1, -0.05) is 6.92 Å². The summed E-state index contributed by atoms with van der Waals surface area (Å²) in [6.07, 6.45) is 4.47. The maximum absolute atomic E-state index is 14.9. The number of halogens is 3. The van der Waals surface area contributed by atoms with Gasteiger partial charge in [-0.3, -0.25) is 4.79 Å². The van der Waals surface area contributed by atoms with Crippen molar-refractivity contribution in [1.82, 2.24) is 19.9 Å². The number of benzene rings is 2. The third kappa shape index (κ3) is 4.43. The molecule has 2 aromatic carbocycles. The highest BCUT2D eigenvalue weighted by Crippen LogP contribution is 2.31. The van der Waals surface area contributed by atoms with Crippen molar-refractivity contribution in [1.29, 1.82) is 0 Å². The summed E-state index contributed by atoms with van der Waals surface area (Å²) in [7, 11) is 0. The minimum atomic E-state index is -1.17. The van der Waals surface area contributed by atoms with E-state index in [1.165, 1.54) is 36.7 Å². The van der Waals surface area contributed by atoms with Crippen LogP contribution in [0.3, 0.4) is 0 Å². The number of oxazole rings is 1. The normalized spacial score (nSPS) is 18.1. The molecular weight excluding hydrogens is 459 g/mol. The molecule has 0 radical (unpaired) electrons. The molecular formula is C25H22F3N5O2. The molecule has 1 N–H and O–H groups in total. The SMILES string of the molecule is CC1CCCN(C(=O)c2ccc(F)c(F)c2-c2ncccn2)C1CNc1nc2cc(F)ccc2o1. The van der Waals surface area contributed by atoms with Gasteiger partial charge in [0.25, 0.3) is 11.9 Å². The van der Waals surface area contributed by atoms with E-state index in [2.05, 4.69) is 20.3 Å². The molecule has 2 unspecified atom stereocenters. The van der Waals surface area contributed by atoms with Gasteiger partial charge in [0.05, 0.1) is 17.2 Å². The number of carbonyl (C=O) groups excluding carboxylic acids is 1. The molecule has 0 saturated carbocycles. The molecule has 3 heterocycles. The second-order valence-electron chi connectivity index (χ2n) is 8.55. The molecule has 2 atom stereocenters. The van der Waals surface area contributed by atoms with Crippen LogP contribution in [0.15, 0.2) is 53.2 Å². The number of hydrogen-bond acceptors (Lipinski definition) is 6. The van der Waals surface area contributed by atoms with E-state index in [4.69, 9.17) is 4.42 Å². The van der Waals surface area contributed by atoms with Crippen molar-refractivity contribution in [2.45, 2.75) is 25.8 Å². The third-order valence-corrected chi connectivity index (χ3v) is 6.30. The average molecular weight is 481 g/mol. The number of nitrogens with zero attached hydrogens (tertiary/aromatic N) is 4. The summed E-state index contributed by atoms with van der Waals surface area (Å²) in [6.45, 7) is 2.78. The summed E-state index contributed by atoms with van der Waals surface area (Å²) in [5, 5.41) is 3.10. The first kappa shape index (κ1) is 22.8. The number of aromatic nitrogens is 3. The minimum Gasteiger partial charge on any atom is -0.424 e. The first-order valence-corrected chi connectivity index (χ1v) is 11.3. The molecule has 1 fully saturated rings. The number of anilines is 1. The van der Waals surface area contributed by atoms with Gasteiger partial charge < -0.3 is 14.6 Å². The molecule has 0 bridgehead atoms. The molecule has 1 aliphatic heterocycles. The number of amides is 1. The molecule has 5 rings (SSSR count). The van der Waals surface area contributed by atoms with Crippen LogP contribution in [0, 0.1) is 23.4 Å². The largest absolute Gasteiger partial charge is 0.424 e. The van der Waals surface area contributed by atoms with Crippen LogP contribution in [0.1, 0.15) is 30.1 Å². The van der Waals surface area contributed by atoms with E-state index >= 15 is 0 Å². The van der Waals surface area contributed by atoms with Gasteiger partial charge in [-0.15, -0.1) is 0 Å². The molecule has 35 heavy (non-hydrogen) atoms. The summed E-state index contributed by atoms with van der Waals surface area (Å²) in [6, 6.07) is 7.76. The highest BCUT2D eigenvalue weighted by molar-refractivity contribution is 6.00. The van der Waals surface area contributed by atoms with Crippen LogP contribution in [-0.4, -0.2) is 44.9 Å². The molecule has 180 valence electrons. The van der Waals surface area contributed by atoms with Crippen molar-refractivity contribution in [2.75, 3.05) is 18.4 Å². The molecule has 2 aromatic heterocycles. The number of carbonyl (C=O) groups is 1. The van der Waals surface area contributed by atoms with Gasteiger partial charge in [-0.2, -0.15) is 4.98 Å². The highest BCUT2D eigenvalue weighted by Gasteiger charge is 2.34. The lowest BCUT2D eigenvalue weighted by atomic mass is 9.89. The Hall–Kier alpha value is -3.95. The zero-order valence-corrected chi connectivity index (χ0v) is 18.8. The van der Waals surface area contributed by atoms with E-state index in [9.17, 15) is 18.0 Å². The maximum Gasteiger partial charge on any atom is 0.295 e. The van der Waals surface area contributed by atoms with Crippen LogP contribution in [0.25, 0.3) is 22.5 Å². The van der Waals surface area contributed by atoms with Crippen molar-refractivity contribution < 1.29 is 22.4 Å². The number of fused-ring (bicyclic) bond motifs is 1. The fourth-order valence-electron chi connectivity index (χ4n) is 4.51. The zero-order valence-electron chi connectivity index (χ0n) is 18.8. The molecule has 0 spiro atoms. The van der Waals surface area contributed by atoms with Crippen LogP contribution in [0.2, 0.25) is 0 Å². The predicted molar refractivity (Wildman–Crippen MR) is 123 cm³/mol. The fraction of sp³-hybridized carbons (Fsp3) is 0.280. The summed E-state index contributed by atoms with van der Waals surface area (Å²) in [5.41, 5.74) is 0.548. The second-order valence-corrected chi connectivity index (χ2v) is 8.55. The van der Waals surface area contributed by atoms with Crippen molar-refractivity contribution >= 4 is 23.0 Å². The molecule has 7 nitrogen and oxygen atoms in total. The van der Waals surface area contributed by atoms with E-state index < -0.39 is 23.4 Å². The smallest absolute Gasteiger partial charge is 0.295 e. The van der Waals surface area contributed by atoms with E-state index in [1.54, 1.807) is 11.0 Å². The topological polar surface area (TPSA) is 84.2 Å². The van der Waals surface area contributed by atoms with Crippen molar-refractivity contribution in [2.24, 2.45) is 5.92 Å². The van der Waals surface area contributed by atoms with Crippen molar-refractivity contribution in [3.05, 3.63) is 71.8 Å². The highest BCUT2D eigenvalue weighted by atomic mass is 19.2. The number of likely N-dealkylation sites (tertiary alicyclic amines) is 1. The van der Waals surface area contributed by atoms with E-state index in [0.29, 0.717) is 24.2 Å². The van der Waals surface area contributed by atoms with Crippen molar-refractivity contribution in [3.63, 3.8) is 0 Å². The lowest BCUT2D eigenvalue weighted by molar-refractivity contribution is 0.0539. The monoisotopic (exact) mass is 481 g/mol.